The second-order valence-corrected chi connectivity index (χ2v) is 7.95. The molecule has 1 unspecified atom stereocenters. The van der Waals surface area contributed by atoms with Crippen molar-refractivity contribution in [2.75, 3.05) is 12.1 Å². The zero-order valence-corrected chi connectivity index (χ0v) is 14.6. The number of anilines is 1. The van der Waals surface area contributed by atoms with Gasteiger partial charge in [-0.1, -0.05) is 0 Å². The number of hydrogen-bond acceptors (Lipinski definition) is 7. The number of fused-ring (bicyclic) bond motifs is 1. The zero-order chi connectivity index (χ0) is 17.3. The van der Waals surface area contributed by atoms with E-state index in [2.05, 4.69) is 15.0 Å². The Kier molecular flexibility index (Phi) is 4.87. The molecule has 1 aliphatic rings. The first-order valence-electron chi connectivity index (χ1n) is 7.92. The first-order chi connectivity index (χ1) is 11.4. The fourth-order valence-electron chi connectivity index (χ4n) is 3.08. The molecular weight excluding hydrogens is 333 g/mol. The number of hydrogen-bond donors (Lipinski definition) is 2. The summed E-state index contributed by atoms with van der Waals surface area (Å²) in [6, 6.07) is -0.0108. The normalized spacial score (nSPS) is 23.8. The Labute approximate surface area is 139 Å². The van der Waals surface area contributed by atoms with Crippen LogP contribution in [0.15, 0.2) is 12.7 Å². The van der Waals surface area contributed by atoms with Crippen LogP contribution in [0.4, 0.5) is 5.82 Å². The van der Waals surface area contributed by atoms with Crippen LogP contribution < -0.4 is 5.73 Å². The van der Waals surface area contributed by atoms with E-state index < -0.39 is 7.60 Å². The summed E-state index contributed by atoms with van der Waals surface area (Å²) in [7, 11) is -3.75. The van der Waals surface area contributed by atoms with Crippen LogP contribution >= 0.6 is 7.60 Å². The summed E-state index contributed by atoms with van der Waals surface area (Å²) in [5.74, 6) is 0.333. The Hall–Kier alpha value is -1.54. The van der Waals surface area contributed by atoms with E-state index in [1.165, 1.54) is 6.33 Å². The molecule has 0 bridgehead atoms. The minimum atomic E-state index is -3.75. The Bertz CT molecular complexity index is 765. The maximum atomic E-state index is 12.0. The lowest BCUT2D eigenvalue weighted by Crippen LogP contribution is -2.22. The molecule has 2 aromatic rings. The summed E-state index contributed by atoms with van der Waals surface area (Å²) in [6.45, 7) is 3.42. The van der Waals surface area contributed by atoms with Crippen LogP contribution in [0, 0.1) is 0 Å². The third kappa shape index (κ3) is 3.59. The number of imidazole rings is 1. The smallest absolute Gasteiger partial charge is 0.353 e. The van der Waals surface area contributed by atoms with Gasteiger partial charge in [0.2, 0.25) is 0 Å². The summed E-state index contributed by atoms with van der Waals surface area (Å²) in [5, 5.41) is 0. The highest BCUT2D eigenvalue weighted by Crippen LogP contribution is 2.45. The topological polar surface area (TPSA) is 125 Å². The standard InChI is InChI=1S/C14H22N5O4P/c1-9(2)23-24(20,21)8-22-11-5-3-4-10(11)19-7-18-12-13(15)16-6-17-14(12)19/h6-7,9-11H,3-5,8H2,1-2H3,(H,20,21)(H2,15,16,17)/t10-,11-/m1/s1. The molecule has 0 aromatic carbocycles. The van der Waals surface area contributed by atoms with Crippen LogP contribution in [0.1, 0.15) is 39.2 Å². The van der Waals surface area contributed by atoms with Gasteiger partial charge in [-0.25, -0.2) is 15.0 Å². The number of nitrogen functional groups attached to an aromatic ring is 1. The quantitative estimate of drug-likeness (QED) is 0.755. The highest BCUT2D eigenvalue weighted by molar-refractivity contribution is 7.52. The molecule has 132 valence electrons. The monoisotopic (exact) mass is 355 g/mol. The molecule has 1 aliphatic carbocycles. The summed E-state index contributed by atoms with van der Waals surface area (Å²) in [6.07, 6.45) is 4.85. The fraction of sp³-hybridized carbons (Fsp3) is 0.643. The molecule has 3 N–H and O–H groups in total. The third-order valence-electron chi connectivity index (χ3n) is 3.99. The molecule has 1 saturated carbocycles. The van der Waals surface area contributed by atoms with Crippen molar-refractivity contribution in [3.8, 4) is 0 Å². The summed E-state index contributed by atoms with van der Waals surface area (Å²) >= 11 is 0. The van der Waals surface area contributed by atoms with Crippen molar-refractivity contribution in [1.29, 1.82) is 0 Å². The van der Waals surface area contributed by atoms with Gasteiger partial charge in [-0.05, 0) is 33.1 Å². The van der Waals surface area contributed by atoms with Crippen LogP contribution in [0.5, 0.6) is 0 Å². The van der Waals surface area contributed by atoms with E-state index in [9.17, 15) is 9.46 Å². The van der Waals surface area contributed by atoms with E-state index in [0.717, 1.165) is 19.3 Å². The lowest BCUT2D eigenvalue weighted by atomic mass is 10.2. The average Bonchev–Trinajstić information content (AvgIpc) is 3.10. The minimum Gasteiger partial charge on any atom is -0.382 e. The number of nitrogens with two attached hydrogens (primary N) is 1. The second-order valence-electron chi connectivity index (χ2n) is 6.21. The van der Waals surface area contributed by atoms with Crippen molar-refractivity contribution < 1.29 is 18.7 Å². The van der Waals surface area contributed by atoms with Crippen molar-refractivity contribution in [1.82, 2.24) is 19.5 Å². The summed E-state index contributed by atoms with van der Waals surface area (Å²) in [4.78, 5) is 22.3. The Morgan fingerprint density at radius 3 is 2.96 bits per heavy atom. The number of rotatable bonds is 6. The number of aromatic nitrogens is 4. The van der Waals surface area contributed by atoms with Gasteiger partial charge in [0.05, 0.1) is 24.6 Å². The van der Waals surface area contributed by atoms with E-state index in [1.807, 2.05) is 4.57 Å². The van der Waals surface area contributed by atoms with Crippen molar-refractivity contribution in [2.24, 2.45) is 0 Å². The molecule has 2 heterocycles. The van der Waals surface area contributed by atoms with Gasteiger partial charge in [0, 0.05) is 0 Å². The van der Waals surface area contributed by atoms with Crippen molar-refractivity contribution in [2.45, 2.75) is 51.4 Å². The largest absolute Gasteiger partial charge is 0.382 e. The first kappa shape index (κ1) is 17.3. The van der Waals surface area contributed by atoms with Gasteiger partial charge in [0.15, 0.2) is 11.5 Å². The molecule has 0 aliphatic heterocycles. The summed E-state index contributed by atoms with van der Waals surface area (Å²) in [5.41, 5.74) is 7.02. The Morgan fingerprint density at radius 1 is 1.42 bits per heavy atom. The molecule has 3 atom stereocenters. The van der Waals surface area contributed by atoms with Gasteiger partial charge in [-0.2, -0.15) is 0 Å². The second kappa shape index (κ2) is 6.76. The van der Waals surface area contributed by atoms with Crippen LogP contribution in [0.2, 0.25) is 0 Å². The van der Waals surface area contributed by atoms with E-state index in [0.29, 0.717) is 17.0 Å². The highest BCUT2D eigenvalue weighted by Gasteiger charge is 2.33. The molecule has 2 aromatic heterocycles. The molecule has 1 fully saturated rings. The molecule has 3 rings (SSSR count). The Morgan fingerprint density at radius 2 is 2.21 bits per heavy atom. The van der Waals surface area contributed by atoms with Crippen molar-refractivity contribution in [3.63, 3.8) is 0 Å². The molecule has 0 radical (unpaired) electrons. The van der Waals surface area contributed by atoms with E-state index in [-0.39, 0.29) is 24.6 Å². The average molecular weight is 355 g/mol. The van der Waals surface area contributed by atoms with Gasteiger partial charge < -0.3 is 24.5 Å². The van der Waals surface area contributed by atoms with Gasteiger partial charge in [0.1, 0.15) is 18.2 Å². The van der Waals surface area contributed by atoms with Crippen LogP contribution in [-0.4, -0.2) is 43.0 Å². The number of nitrogens with zero attached hydrogens (tertiary/aromatic N) is 4. The predicted molar refractivity (Wildman–Crippen MR) is 88.4 cm³/mol. The lowest BCUT2D eigenvalue weighted by Gasteiger charge is -2.23. The van der Waals surface area contributed by atoms with Crippen LogP contribution in [0.3, 0.4) is 0 Å². The van der Waals surface area contributed by atoms with Gasteiger partial charge in [-0.15, -0.1) is 0 Å². The number of ether oxygens (including phenoxy) is 1. The van der Waals surface area contributed by atoms with E-state index >= 15 is 0 Å². The lowest BCUT2D eigenvalue weighted by molar-refractivity contribution is 0.0459. The molecule has 9 nitrogen and oxygen atoms in total. The van der Waals surface area contributed by atoms with Gasteiger partial charge in [-0.3, -0.25) is 4.57 Å². The molecule has 0 amide bonds. The van der Waals surface area contributed by atoms with Gasteiger partial charge in [0.25, 0.3) is 0 Å². The third-order valence-corrected chi connectivity index (χ3v) is 5.22. The van der Waals surface area contributed by atoms with Crippen LogP contribution in [0.25, 0.3) is 11.2 Å². The predicted octanol–water partition coefficient (Wildman–Crippen LogP) is 2.09. The molecule has 0 saturated heterocycles. The van der Waals surface area contributed by atoms with Crippen LogP contribution in [-0.2, 0) is 13.8 Å². The molecule has 0 spiro atoms. The highest BCUT2D eigenvalue weighted by atomic mass is 31.2. The molecule has 24 heavy (non-hydrogen) atoms. The SMILES string of the molecule is CC(C)OP(=O)(O)CO[C@@H]1CCC[C@H]1n1cnc2c(N)ncnc21. The van der Waals surface area contributed by atoms with Crippen molar-refractivity contribution in [3.05, 3.63) is 12.7 Å². The van der Waals surface area contributed by atoms with Crippen molar-refractivity contribution >= 4 is 24.6 Å². The maximum Gasteiger partial charge on any atom is 0.353 e. The van der Waals surface area contributed by atoms with E-state index in [4.69, 9.17) is 15.0 Å². The fourth-order valence-corrected chi connectivity index (χ4v) is 4.18. The Balaban J connectivity index is 1.76. The molecule has 10 heteroatoms. The van der Waals surface area contributed by atoms with Gasteiger partial charge >= 0.3 is 7.60 Å². The maximum absolute atomic E-state index is 12.0. The van der Waals surface area contributed by atoms with E-state index in [1.54, 1.807) is 20.2 Å². The summed E-state index contributed by atoms with van der Waals surface area (Å²) < 4.78 is 24.7. The first-order valence-corrected chi connectivity index (χ1v) is 9.68. The zero-order valence-electron chi connectivity index (χ0n) is 13.7. The molecular formula is C14H22N5O4P. The minimum absolute atomic E-state index is 0.0108.